The Labute approximate surface area is 185 Å². The van der Waals surface area contributed by atoms with Crippen molar-refractivity contribution in [3.63, 3.8) is 0 Å². The SMILES string of the molecule is Cc1cccc(-c2ccc(C(CCN(C)C)c3ccccn3)cc2)c1-c1ccccn1. The summed E-state index contributed by atoms with van der Waals surface area (Å²) >= 11 is 0. The number of nitrogens with zero attached hydrogens (tertiary/aromatic N) is 3. The van der Waals surface area contributed by atoms with E-state index in [1.165, 1.54) is 27.8 Å². The Kier molecular flexibility index (Phi) is 6.54. The molecule has 2 aromatic carbocycles. The molecule has 4 rings (SSSR count). The minimum atomic E-state index is 0.283. The van der Waals surface area contributed by atoms with Crippen LogP contribution in [0, 0.1) is 6.92 Å². The number of aryl methyl sites for hydroxylation is 1. The summed E-state index contributed by atoms with van der Waals surface area (Å²) in [4.78, 5) is 11.5. The molecule has 31 heavy (non-hydrogen) atoms. The number of benzene rings is 2. The molecule has 0 aliphatic rings. The van der Waals surface area contributed by atoms with Crippen LogP contribution in [-0.4, -0.2) is 35.5 Å². The smallest absolute Gasteiger partial charge is 0.0710 e. The van der Waals surface area contributed by atoms with Crippen molar-refractivity contribution in [3.8, 4) is 22.4 Å². The third-order valence-electron chi connectivity index (χ3n) is 5.73. The van der Waals surface area contributed by atoms with E-state index in [0.717, 1.165) is 24.4 Å². The van der Waals surface area contributed by atoms with Gasteiger partial charge in [-0.3, -0.25) is 9.97 Å². The van der Waals surface area contributed by atoms with Gasteiger partial charge in [-0.1, -0.05) is 54.6 Å². The van der Waals surface area contributed by atoms with Gasteiger partial charge in [-0.2, -0.15) is 0 Å². The van der Waals surface area contributed by atoms with Crippen LogP contribution in [0.5, 0.6) is 0 Å². The molecule has 3 nitrogen and oxygen atoms in total. The van der Waals surface area contributed by atoms with Gasteiger partial charge >= 0.3 is 0 Å². The summed E-state index contributed by atoms with van der Waals surface area (Å²) in [6.07, 6.45) is 4.78. The lowest BCUT2D eigenvalue weighted by Crippen LogP contribution is -2.17. The summed E-state index contributed by atoms with van der Waals surface area (Å²) < 4.78 is 0. The van der Waals surface area contributed by atoms with Gasteiger partial charge in [0, 0.05) is 29.6 Å². The van der Waals surface area contributed by atoms with Gasteiger partial charge in [-0.05, 0) is 80.5 Å². The Hall–Kier alpha value is -3.30. The van der Waals surface area contributed by atoms with E-state index in [0.29, 0.717) is 0 Å². The maximum Gasteiger partial charge on any atom is 0.0710 e. The molecule has 156 valence electrons. The lowest BCUT2D eigenvalue weighted by atomic mass is 9.89. The fourth-order valence-electron chi connectivity index (χ4n) is 4.11. The minimum Gasteiger partial charge on any atom is -0.309 e. The largest absolute Gasteiger partial charge is 0.309 e. The van der Waals surface area contributed by atoms with E-state index in [2.05, 4.69) is 96.6 Å². The Morgan fingerprint density at radius 1 is 0.774 bits per heavy atom. The first-order valence-electron chi connectivity index (χ1n) is 10.8. The monoisotopic (exact) mass is 407 g/mol. The molecule has 0 bridgehead atoms. The Bertz CT molecular complexity index is 1100. The molecule has 0 saturated carbocycles. The van der Waals surface area contributed by atoms with Crippen LogP contribution in [0.3, 0.4) is 0 Å². The highest BCUT2D eigenvalue weighted by atomic mass is 15.0. The fraction of sp³-hybridized carbons (Fsp3) is 0.214. The standard InChI is InChI=1S/C28H29N3/c1-21-9-8-10-25(28(21)27-12-5-7-19-30-27)23-15-13-22(14-16-23)24(17-20-31(2)3)26-11-4-6-18-29-26/h4-16,18-19,24H,17,20H2,1-3H3. The van der Waals surface area contributed by atoms with E-state index in [1.54, 1.807) is 0 Å². The van der Waals surface area contributed by atoms with E-state index in [9.17, 15) is 0 Å². The van der Waals surface area contributed by atoms with Gasteiger partial charge in [-0.15, -0.1) is 0 Å². The van der Waals surface area contributed by atoms with Crippen molar-refractivity contribution in [2.45, 2.75) is 19.3 Å². The van der Waals surface area contributed by atoms with Crippen molar-refractivity contribution >= 4 is 0 Å². The molecule has 3 heteroatoms. The average Bonchev–Trinajstić information content (AvgIpc) is 2.80. The predicted molar refractivity (Wildman–Crippen MR) is 129 cm³/mol. The topological polar surface area (TPSA) is 29.0 Å². The molecule has 2 heterocycles. The molecular weight excluding hydrogens is 378 g/mol. The maximum absolute atomic E-state index is 4.65. The third-order valence-corrected chi connectivity index (χ3v) is 5.73. The molecule has 0 aliphatic carbocycles. The summed E-state index contributed by atoms with van der Waals surface area (Å²) in [5, 5.41) is 0. The molecule has 1 unspecified atom stereocenters. The summed E-state index contributed by atoms with van der Waals surface area (Å²) in [6, 6.07) is 27.7. The molecule has 0 radical (unpaired) electrons. The van der Waals surface area contributed by atoms with Crippen molar-refractivity contribution in [1.29, 1.82) is 0 Å². The summed E-state index contributed by atoms with van der Waals surface area (Å²) in [7, 11) is 4.24. The van der Waals surface area contributed by atoms with Gasteiger partial charge in [0.2, 0.25) is 0 Å². The highest BCUT2D eigenvalue weighted by molar-refractivity contribution is 5.84. The van der Waals surface area contributed by atoms with Crippen LogP contribution < -0.4 is 0 Å². The van der Waals surface area contributed by atoms with E-state index in [1.807, 2.05) is 30.6 Å². The van der Waals surface area contributed by atoms with Crippen LogP contribution in [0.2, 0.25) is 0 Å². The second-order valence-electron chi connectivity index (χ2n) is 8.23. The molecular formula is C28H29N3. The Morgan fingerprint density at radius 2 is 1.52 bits per heavy atom. The van der Waals surface area contributed by atoms with Crippen LogP contribution in [-0.2, 0) is 0 Å². The zero-order chi connectivity index (χ0) is 21.6. The zero-order valence-corrected chi connectivity index (χ0v) is 18.5. The van der Waals surface area contributed by atoms with Crippen molar-refractivity contribution in [3.05, 3.63) is 108 Å². The van der Waals surface area contributed by atoms with E-state index >= 15 is 0 Å². The quantitative estimate of drug-likeness (QED) is 0.365. The van der Waals surface area contributed by atoms with Crippen molar-refractivity contribution in [2.24, 2.45) is 0 Å². The van der Waals surface area contributed by atoms with E-state index in [-0.39, 0.29) is 5.92 Å². The Balaban J connectivity index is 1.70. The highest BCUT2D eigenvalue weighted by Gasteiger charge is 2.17. The summed E-state index contributed by atoms with van der Waals surface area (Å²) in [5.41, 5.74) is 8.30. The van der Waals surface area contributed by atoms with Crippen LogP contribution in [0.4, 0.5) is 0 Å². The molecule has 4 aromatic rings. The molecule has 0 fully saturated rings. The molecule has 0 aliphatic heterocycles. The number of hydrogen-bond acceptors (Lipinski definition) is 3. The van der Waals surface area contributed by atoms with Crippen LogP contribution in [0.1, 0.15) is 29.2 Å². The first-order chi connectivity index (χ1) is 15.1. The van der Waals surface area contributed by atoms with Gasteiger partial charge in [0.15, 0.2) is 0 Å². The van der Waals surface area contributed by atoms with E-state index < -0.39 is 0 Å². The van der Waals surface area contributed by atoms with Crippen LogP contribution in [0.25, 0.3) is 22.4 Å². The van der Waals surface area contributed by atoms with Crippen LogP contribution in [0.15, 0.2) is 91.3 Å². The molecule has 0 amide bonds. The maximum atomic E-state index is 4.65. The highest BCUT2D eigenvalue weighted by Crippen LogP contribution is 2.35. The summed E-state index contributed by atoms with van der Waals surface area (Å²) in [5.74, 6) is 0.283. The number of pyridine rings is 2. The lowest BCUT2D eigenvalue weighted by Gasteiger charge is -2.20. The number of rotatable bonds is 7. The van der Waals surface area contributed by atoms with E-state index in [4.69, 9.17) is 0 Å². The zero-order valence-electron chi connectivity index (χ0n) is 18.5. The molecule has 1 atom stereocenters. The number of hydrogen-bond donors (Lipinski definition) is 0. The molecule has 0 spiro atoms. The number of aromatic nitrogens is 2. The van der Waals surface area contributed by atoms with Crippen molar-refractivity contribution < 1.29 is 0 Å². The van der Waals surface area contributed by atoms with Crippen LogP contribution >= 0.6 is 0 Å². The Morgan fingerprint density at radius 3 is 2.16 bits per heavy atom. The second-order valence-corrected chi connectivity index (χ2v) is 8.23. The van der Waals surface area contributed by atoms with Gasteiger partial charge < -0.3 is 4.90 Å². The first kappa shape index (κ1) is 21.0. The fourth-order valence-corrected chi connectivity index (χ4v) is 4.11. The summed E-state index contributed by atoms with van der Waals surface area (Å²) in [6.45, 7) is 3.17. The minimum absolute atomic E-state index is 0.283. The average molecular weight is 408 g/mol. The molecule has 2 aromatic heterocycles. The van der Waals surface area contributed by atoms with Gasteiger partial charge in [0.1, 0.15) is 0 Å². The predicted octanol–water partition coefficient (Wildman–Crippen LogP) is 6.20. The first-order valence-corrected chi connectivity index (χ1v) is 10.8. The normalized spacial score (nSPS) is 12.1. The molecule has 0 saturated heterocycles. The van der Waals surface area contributed by atoms with Crippen molar-refractivity contribution in [1.82, 2.24) is 14.9 Å². The van der Waals surface area contributed by atoms with Gasteiger partial charge in [0.05, 0.1) is 5.69 Å². The van der Waals surface area contributed by atoms with Crippen molar-refractivity contribution in [2.75, 3.05) is 20.6 Å². The molecule has 0 N–H and O–H groups in total. The third kappa shape index (κ3) is 4.89. The van der Waals surface area contributed by atoms with Gasteiger partial charge in [-0.25, -0.2) is 0 Å². The lowest BCUT2D eigenvalue weighted by molar-refractivity contribution is 0.389. The van der Waals surface area contributed by atoms with Gasteiger partial charge in [0.25, 0.3) is 0 Å². The second kappa shape index (κ2) is 9.67.